The topological polar surface area (TPSA) is 103 Å². The van der Waals surface area contributed by atoms with Crippen molar-refractivity contribution in [3.05, 3.63) is 108 Å². The van der Waals surface area contributed by atoms with E-state index in [1.165, 1.54) is 14.0 Å². The predicted molar refractivity (Wildman–Crippen MR) is 142 cm³/mol. The third kappa shape index (κ3) is 9.39. The third-order valence-corrected chi connectivity index (χ3v) is 5.82. The summed E-state index contributed by atoms with van der Waals surface area (Å²) in [6, 6.07) is 27.1. The van der Waals surface area contributed by atoms with Gasteiger partial charge in [-0.25, -0.2) is 4.79 Å². The number of esters is 1. The molecule has 0 aliphatic carbocycles. The fourth-order valence-electron chi connectivity index (χ4n) is 3.93. The lowest BCUT2D eigenvalue weighted by atomic mass is 10.00. The monoisotopic (exact) mass is 521 g/mol. The zero-order valence-electron chi connectivity index (χ0n) is 21.7. The molecule has 3 aromatic carbocycles. The maximum Gasteiger partial charge on any atom is 0.331 e. The first-order valence-electron chi connectivity index (χ1n) is 12.4. The number of hydrogen-bond donors (Lipinski definition) is 2. The third-order valence-electron chi connectivity index (χ3n) is 5.82. The van der Waals surface area contributed by atoms with Gasteiger partial charge in [0.25, 0.3) is 0 Å². The number of hydrogen-bond acceptors (Lipinski definition) is 7. The van der Waals surface area contributed by atoms with E-state index in [9.17, 15) is 14.7 Å². The van der Waals surface area contributed by atoms with Gasteiger partial charge in [-0.15, -0.1) is 0 Å². The summed E-state index contributed by atoms with van der Waals surface area (Å²) in [6.07, 6.45) is -3.33. The van der Waals surface area contributed by atoms with E-state index in [-0.39, 0.29) is 26.4 Å². The number of amides is 1. The molecule has 4 atom stereocenters. The number of nitrogens with one attached hydrogen (secondary N) is 1. The van der Waals surface area contributed by atoms with E-state index in [2.05, 4.69) is 5.32 Å². The highest BCUT2D eigenvalue weighted by Crippen LogP contribution is 2.20. The summed E-state index contributed by atoms with van der Waals surface area (Å²) in [5, 5.41) is 13.9. The molecule has 0 bridgehead atoms. The molecule has 0 heterocycles. The Hall–Kier alpha value is -3.56. The van der Waals surface area contributed by atoms with Crippen molar-refractivity contribution < 1.29 is 33.6 Å². The molecular weight excluding hydrogens is 486 g/mol. The van der Waals surface area contributed by atoms with Gasteiger partial charge in [-0.1, -0.05) is 91.0 Å². The molecule has 0 radical (unpaired) electrons. The first-order chi connectivity index (χ1) is 18.5. The van der Waals surface area contributed by atoms with E-state index in [1.54, 1.807) is 0 Å². The number of carbonyl (C=O) groups is 2. The van der Waals surface area contributed by atoms with Gasteiger partial charge in [-0.05, 0) is 16.7 Å². The van der Waals surface area contributed by atoms with Crippen molar-refractivity contribution in [2.24, 2.45) is 0 Å². The van der Waals surface area contributed by atoms with Crippen molar-refractivity contribution in [3.63, 3.8) is 0 Å². The largest absolute Gasteiger partial charge is 0.467 e. The summed E-state index contributed by atoms with van der Waals surface area (Å²) in [5.74, 6) is -1.17. The molecular formula is C30H35NO7. The Labute approximate surface area is 223 Å². The number of ether oxygens (including phenoxy) is 4. The highest BCUT2D eigenvalue weighted by molar-refractivity contribution is 5.83. The summed E-state index contributed by atoms with van der Waals surface area (Å²) in [5.41, 5.74) is 2.66. The van der Waals surface area contributed by atoms with Gasteiger partial charge in [0.1, 0.15) is 18.3 Å². The van der Waals surface area contributed by atoms with Crippen LogP contribution in [0.1, 0.15) is 23.6 Å². The second kappa shape index (κ2) is 15.6. The molecule has 0 saturated heterocycles. The summed E-state index contributed by atoms with van der Waals surface area (Å²) < 4.78 is 23.1. The quantitative estimate of drug-likeness (QED) is 0.296. The number of methoxy groups -OCH3 is 1. The van der Waals surface area contributed by atoms with Gasteiger partial charge in [-0.3, -0.25) is 4.79 Å². The first kappa shape index (κ1) is 29.0. The smallest absolute Gasteiger partial charge is 0.331 e. The van der Waals surface area contributed by atoms with Crippen LogP contribution in [0.15, 0.2) is 91.0 Å². The number of aliphatic hydroxyl groups is 1. The molecule has 3 rings (SSSR count). The van der Waals surface area contributed by atoms with Crippen LogP contribution in [-0.2, 0) is 48.4 Å². The van der Waals surface area contributed by atoms with Crippen LogP contribution < -0.4 is 5.32 Å². The van der Waals surface area contributed by atoms with Crippen LogP contribution in [0.3, 0.4) is 0 Å². The lowest BCUT2D eigenvalue weighted by Crippen LogP contribution is -2.58. The predicted octanol–water partition coefficient (Wildman–Crippen LogP) is 3.41. The standard InChI is InChI=1S/C30H35NO7/c1-22(32)31-27(30(34)35-2)29(38-20-25-16-10-5-11-17-25)28(37-19-24-14-8-4-9-15-24)26(33)21-36-18-23-12-6-3-7-13-23/h3-17,26-29,33H,18-21H2,1-2H3,(H,31,32)/t26-,27-,28-,29-/m1/s1. The summed E-state index contributed by atoms with van der Waals surface area (Å²) in [6.45, 7) is 1.74. The Bertz CT molecular complexity index is 1100. The van der Waals surface area contributed by atoms with Crippen molar-refractivity contribution in [3.8, 4) is 0 Å². The minimum atomic E-state index is -1.23. The molecule has 38 heavy (non-hydrogen) atoms. The maximum absolute atomic E-state index is 12.8. The van der Waals surface area contributed by atoms with Crippen molar-refractivity contribution in [1.29, 1.82) is 0 Å². The number of aliphatic hydroxyl groups excluding tert-OH is 1. The number of carbonyl (C=O) groups excluding carboxylic acids is 2. The molecule has 2 N–H and O–H groups in total. The van der Waals surface area contributed by atoms with E-state index >= 15 is 0 Å². The highest BCUT2D eigenvalue weighted by Gasteiger charge is 2.41. The van der Waals surface area contributed by atoms with Gasteiger partial charge in [0.05, 0.1) is 33.5 Å². The first-order valence-corrected chi connectivity index (χ1v) is 12.4. The zero-order chi connectivity index (χ0) is 27.2. The van der Waals surface area contributed by atoms with Crippen molar-refractivity contribution in [2.75, 3.05) is 13.7 Å². The fourth-order valence-corrected chi connectivity index (χ4v) is 3.93. The summed E-state index contributed by atoms with van der Waals surface area (Å²) >= 11 is 0. The van der Waals surface area contributed by atoms with Crippen LogP contribution in [0.2, 0.25) is 0 Å². The van der Waals surface area contributed by atoms with Crippen LogP contribution in [0.4, 0.5) is 0 Å². The normalized spacial score (nSPS) is 14.2. The van der Waals surface area contributed by atoms with E-state index in [1.807, 2.05) is 91.0 Å². The van der Waals surface area contributed by atoms with Gasteiger partial charge < -0.3 is 29.4 Å². The van der Waals surface area contributed by atoms with E-state index in [4.69, 9.17) is 18.9 Å². The molecule has 0 spiro atoms. The lowest BCUT2D eigenvalue weighted by molar-refractivity contribution is -0.173. The maximum atomic E-state index is 12.8. The molecule has 8 heteroatoms. The molecule has 8 nitrogen and oxygen atoms in total. The zero-order valence-corrected chi connectivity index (χ0v) is 21.7. The van der Waals surface area contributed by atoms with Crippen LogP contribution in [0.5, 0.6) is 0 Å². The minimum Gasteiger partial charge on any atom is -0.467 e. The van der Waals surface area contributed by atoms with Gasteiger partial charge >= 0.3 is 5.97 Å². The second-order valence-corrected chi connectivity index (χ2v) is 8.79. The fraction of sp³-hybridized carbons (Fsp3) is 0.333. The Kier molecular flexibility index (Phi) is 11.9. The average Bonchev–Trinajstić information content (AvgIpc) is 2.94. The van der Waals surface area contributed by atoms with Crippen LogP contribution in [0, 0.1) is 0 Å². The summed E-state index contributed by atoms with van der Waals surface area (Å²) in [7, 11) is 1.23. The molecule has 3 aromatic rings. The molecule has 1 amide bonds. The van der Waals surface area contributed by atoms with Gasteiger partial charge in [0.2, 0.25) is 5.91 Å². The van der Waals surface area contributed by atoms with E-state index in [0.29, 0.717) is 0 Å². The highest BCUT2D eigenvalue weighted by atomic mass is 16.6. The van der Waals surface area contributed by atoms with Crippen LogP contribution in [0.25, 0.3) is 0 Å². The van der Waals surface area contributed by atoms with Crippen LogP contribution in [-0.4, -0.2) is 55.1 Å². The molecule has 0 saturated carbocycles. The van der Waals surface area contributed by atoms with Gasteiger partial charge in [0.15, 0.2) is 6.04 Å². The average molecular weight is 522 g/mol. The van der Waals surface area contributed by atoms with Gasteiger partial charge in [-0.2, -0.15) is 0 Å². The molecule has 202 valence electrons. The van der Waals surface area contributed by atoms with Crippen molar-refractivity contribution in [1.82, 2.24) is 5.32 Å². The minimum absolute atomic E-state index is 0.0898. The lowest BCUT2D eigenvalue weighted by Gasteiger charge is -2.35. The molecule has 0 aromatic heterocycles. The number of benzene rings is 3. The molecule has 0 unspecified atom stereocenters. The van der Waals surface area contributed by atoms with Crippen molar-refractivity contribution in [2.45, 2.75) is 51.1 Å². The summed E-state index contributed by atoms with van der Waals surface area (Å²) in [4.78, 5) is 24.9. The van der Waals surface area contributed by atoms with E-state index < -0.39 is 36.2 Å². The SMILES string of the molecule is COC(=O)[C@H](NC(C)=O)[C@@H](OCc1ccccc1)[C@H](OCc1ccccc1)[C@H](O)COCc1ccccc1. The number of rotatable bonds is 15. The van der Waals surface area contributed by atoms with Crippen molar-refractivity contribution >= 4 is 11.9 Å². The Balaban J connectivity index is 1.86. The Morgan fingerprint density at radius 2 is 1.18 bits per heavy atom. The van der Waals surface area contributed by atoms with Gasteiger partial charge in [0, 0.05) is 6.92 Å². The molecule has 0 fully saturated rings. The molecule has 0 aliphatic rings. The Morgan fingerprint density at radius 1 is 0.737 bits per heavy atom. The van der Waals surface area contributed by atoms with E-state index in [0.717, 1.165) is 16.7 Å². The second-order valence-electron chi connectivity index (χ2n) is 8.79. The Morgan fingerprint density at radius 3 is 1.63 bits per heavy atom. The molecule has 0 aliphatic heterocycles. The van der Waals surface area contributed by atoms with Crippen LogP contribution >= 0.6 is 0 Å².